The van der Waals surface area contributed by atoms with Gasteiger partial charge in [0.25, 0.3) is 0 Å². The Hall–Kier alpha value is -3.60. The van der Waals surface area contributed by atoms with Crippen molar-refractivity contribution in [2.75, 3.05) is 19.4 Å². The summed E-state index contributed by atoms with van der Waals surface area (Å²) in [5, 5.41) is 5.23. The van der Waals surface area contributed by atoms with Crippen LogP contribution in [0.3, 0.4) is 0 Å². The lowest BCUT2D eigenvalue weighted by molar-refractivity contribution is -0.115. The van der Waals surface area contributed by atoms with Gasteiger partial charge in [0.05, 0.1) is 24.3 Å². The van der Waals surface area contributed by atoms with Crippen molar-refractivity contribution >= 4 is 40.4 Å². The van der Waals surface area contributed by atoms with Crippen molar-refractivity contribution in [3.8, 4) is 16.3 Å². The molecule has 0 bridgehead atoms. The molecule has 4 rings (SSSR count). The van der Waals surface area contributed by atoms with E-state index in [-0.39, 0.29) is 17.7 Å². The van der Waals surface area contributed by atoms with Crippen molar-refractivity contribution in [2.45, 2.75) is 13.0 Å². The van der Waals surface area contributed by atoms with E-state index in [1.54, 1.807) is 40.5 Å². The number of thiazole rings is 1. The number of aromatic nitrogens is 3. The fourth-order valence-corrected chi connectivity index (χ4v) is 4.53. The van der Waals surface area contributed by atoms with E-state index < -0.39 is 17.6 Å². The summed E-state index contributed by atoms with van der Waals surface area (Å²) in [4.78, 5) is 35.0. The molecule has 0 aliphatic heterocycles. The van der Waals surface area contributed by atoms with Gasteiger partial charge < -0.3 is 20.5 Å². The molecule has 0 fully saturated rings. The molecule has 8 nitrogen and oxygen atoms in total. The van der Waals surface area contributed by atoms with Crippen LogP contribution in [-0.2, 0) is 17.8 Å². The Morgan fingerprint density at radius 3 is 2.74 bits per heavy atom. The minimum absolute atomic E-state index is 0.0642. The third kappa shape index (κ3) is 5.73. The van der Waals surface area contributed by atoms with E-state index in [9.17, 15) is 14.0 Å². The fourth-order valence-electron chi connectivity index (χ4n) is 3.50. The first-order chi connectivity index (χ1) is 16.7. The molecule has 11 heteroatoms. The number of nitrogens with two attached hydrogens (primary N) is 1. The number of anilines is 1. The van der Waals surface area contributed by atoms with E-state index in [2.05, 4.69) is 15.3 Å². The molecule has 180 valence electrons. The summed E-state index contributed by atoms with van der Waals surface area (Å²) in [5.41, 5.74) is 7.37. The lowest BCUT2D eigenvalue weighted by atomic mass is 10.1. The average molecular weight is 513 g/mol. The summed E-state index contributed by atoms with van der Waals surface area (Å²) >= 11 is 7.32. The highest BCUT2D eigenvalue weighted by Crippen LogP contribution is 2.30. The van der Waals surface area contributed by atoms with E-state index in [4.69, 9.17) is 17.3 Å². The monoisotopic (exact) mass is 512 g/mol. The maximum Gasteiger partial charge on any atom is 0.249 e. The molecule has 35 heavy (non-hydrogen) atoms. The summed E-state index contributed by atoms with van der Waals surface area (Å²) < 4.78 is 16.6. The zero-order chi connectivity index (χ0) is 25.1. The van der Waals surface area contributed by atoms with Gasteiger partial charge in [-0.3, -0.25) is 9.59 Å². The molecule has 0 saturated heterocycles. The van der Waals surface area contributed by atoms with E-state index in [1.807, 2.05) is 19.0 Å². The highest BCUT2D eigenvalue weighted by atomic mass is 35.5. The van der Waals surface area contributed by atoms with Crippen LogP contribution in [0.5, 0.6) is 0 Å². The number of benzene rings is 2. The Balaban J connectivity index is 1.47. The van der Waals surface area contributed by atoms with E-state index in [0.717, 1.165) is 5.82 Å². The van der Waals surface area contributed by atoms with Crippen molar-refractivity contribution in [3.63, 3.8) is 0 Å². The van der Waals surface area contributed by atoms with Crippen LogP contribution in [0.1, 0.15) is 21.9 Å². The lowest BCUT2D eigenvalue weighted by Gasteiger charge is -2.13. The summed E-state index contributed by atoms with van der Waals surface area (Å²) in [6.07, 6.45) is 3.35. The molecule has 0 spiro atoms. The summed E-state index contributed by atoms with van der Waals surface area (Å²) in [7, 11) is 3.85. The number of carbonyl (C=O) groups excluding carboxylic acids is 2. The second-order valence-electron chi connectivity index (χ2n) is 8.04. The second-order valence-corrected chi connectivity index (χ2v) is 9.33. The summed E-state index contributed by atoms with van der Waals surface area (Å²) in [5.74, 6) is -0.825. The molecule has 2 aromatic heterocycles. The van der Waals surface area contributed by atoms with Gasteiger partial charge in [0.15, 0.2) is 0 Å². The number of primary amides is 1. The third-order valence-electron chi connectivity index (χ3n) is 5.05. The molecule has 0 aliphatic rings. The van der Waals surface area contributed by atoms with Crippen LogP contribution in [0.25, 0.3) is 16.3 Å². The second kappa shape index (κ2) is 10.3. The van der Waals surface area contributed by atoms with Crippen LogP contribution >= 0.6 is 22.9 Å². The minimum atomic E-state index is -0.602. The van der Waals surface area contributed by atoms with Gasteiger partial charge >= 0.3 is 0 Å². The molecule has 0 radical (unpaired) electrons. The minimum Gasteiger partial charge on any atom is -0.366 e. The van der Waals surface area contributed by atoms with E-state index >= 15 is 0 Å². The van der Waals surface area contributed by atoms with Crippen LogP contribution in [0, 0.1) is 5.82 Å². The molecular formula is C24H22ClFN6O2S. The van der Waals surface area contributed by atoms with E-state index in [1.165, 1.54) is 29.5 Å². The first-order valence-electron chi connectivity index (χ1n) is 10.5. The number of amides is 2. The number of hydrogen-bond acceptors (Lipinski definition) is 6. The van der Waals surface area contributed by atoms with Crippen molar-refractivity contribution in [2.24, 2.45) is 5.73 Å². The van der Waals surface area contributed by atoms with Crippen molar-refractivity contribution < 1.29 is 14.0 Å². The maximum atomic E-state index is 14.8. The molecule has 0 unspecified atom stereocenters. The predicted octanol–water partition coefficient (Wildman–Crippen LogP) is 4.13. The first kappa shape index (κ1) is 24.5. The normalized spacial score (nSPS) is 11.1. The topological polar surface area (TPSA) is 106 Å². The highest BCUT2D eigenvalue weighted by Gasteiger charge is 2.16. The first-order valence-corrected chi connectivity index (χ1v) is 11.8. The zero-order valence-corrected chi connectivity index (χ0v) is 20.5. The van der Waals surface area contributed by atoms with Gasteiger partial charge in [0.2, 0.25) is 11.8 Å². The van der Waals surface area contributed by atoms with Gasteiger partial charge in [-0.25, -0.2) is 14.4 Å². The number of rotatable bonds is 8. The maximum absolute atomic E-state index is 14.8. The Kier molecular flexibility index (Phi) is 7.25. The lowest BCUT2D eigenvalue weighted by Crippen LogP contribution is -2.16. The Bertz CT molecular complexity index is 1400. The largest absolute Gasteiger partial charge is 0.366 e. The van der Waals surface area contributed by atoms with Crippen molar-refractivity contribution in [1.29, 1.82) is 0 Å². The number of imidazole rings is 1. The van der Waals surface area contributed by atoms with E-state index in [0.29, 0.717) is 33.5 Å². The smallest absolute Gasteiger partial charge is 0.249 e. The quantitative estimate of drug-likeness (QED) is 0.369. The zero-order valence-electron chi connectivity index (χ0n) is 19.0. The molecule has 3 N–H and O–H groups in total. The molecule has 4 aromatic rings. The number of hydrogen-bond donors (Lipinski definition) is 2. The van der Waals surface area contributed by atoms with Crippen LogP contribution in [0.4, 0.5) is 10.1 Å². The van der Waals surface area contributed by atoms with Crippen LogP contribution in [0.2, 0.25) is 5.02 Å². The summed E-state index contributed by atoms with van der Waals surface area (Å²) in [6, 6.07) is 9.29. The number of nitrogens with zero attached hydrogens (tertiary/aromatic N) is 4. The third-order valence-corrected chi connectivity index (χ3v) is 6.21. The fraction of sp³-hybridized carbons (Fsp3) is 0.167. The molecule has 2 aromatic carbocycles. The van der Waals surface area contributed by atoms with Gasteiger partial charge in [-0.1, -0.05) is 11.6 Å². The van der Waals surface area contributed by atoms with Crippen LogP contribution in [-0.4, -0.2) is 45.3 Å². The highest BCUT2D eigenvalue weighted by molar-refractivity contribution is 7.13. The summed E-state index contributed by atoms with van der Waals surface area (Å²) in [6.45, 7) is 0.596. The van der Waals surface area contributed by atoms with Gasteiger partial charge in [-0.05, 0) is 44.4 Å². The van der Waals surface area contributed by atoms with Crippen molar-refractivity contribution in [1.82, 2.24) is 19.4 Å². The van der Waals surface area contributed by atoms with Gasteiger partial charge in [-0.2, -0.15) is 0 Å². The Morgan fingerprint density at radius 2 is 2.03 bits per heavy atom. The average Bonchev–Trinajstić information content (AvgIpc) is 3.44. The van der Waals surface area contributed by atoms with Crippen LogP contribution < -0.4 is 11.1 Å². The molecular weight excluding hydrogens is 491 g/mol. The molecule has 0 aliphatic carbocycles. The number of nitrogens with one attached hydrogen (secondary N) is 1. The van der Waals surface area contributed by atoms with Crippen molar-refractivity contribution in [3.05, 3.63) is 82.1 Å². The molecule has 2 amide bonds. The number of carbonyl (C=O) groups is 2. The van der Waals surface area contributed by atoms with Gasteiger partial charge in [0, 0.05) is 45.7 Å². The Morgan fingerprint density at radius 1 is 1.23 bits per heavy atom. The predicted molar refractivity (Wildman–Crippen MR) is 134 cm³/mol. The van der Waals surface area contributed by atoms with Gasteiger partial charge in [0.1, 0.15) is 16.6 Å². The SMILES string of the molecule is CN(C)Cc1nccn1-c1ccc(NC(=O)Cc2csc(-c3cc(Cl)ccc3C(N)=O)n2)c(F)c1. The molecule has 2 heterocycles. The number of halogens is 2. The molecule has 0 saturated carbocycles. The van der Waals surface area contributed by atoms with Crippen LogP contribution in [0.15, 0.2) is 54.2 Å². The standard InChI is InChI=1S/C24H22ClFN6O2S/c1-31(2)12-21-28-7-8-32(21)16-4-6-20(19(26)11-16)30-22(33)10-15-13-35-24(29-15)18-9-14(25)3-5-17(18)23(27)34/h3-9,11,13H,10,12H2,1-2H3,(H2,27,34)(H,30,33). The van der Waals surface area contributed by atoms with Gasteiger partial charge in [-0.15, -0.1) is 11.3 Å². The molecule has 0 atom stereocenters. The Labute approximate surface area is 210 Å².